The molecule has 0 aromatic carbocycles. The van der Waals surface area contributed by atoms with Crippen LogP contribution in [0.15, 0.2) is 61.2 Å². The fourth-order valence-corrected chi connectivity index (χ4v) is 3.14. The molecular formula is C24H18F8N6. The molecule has 0 aliphatic carbocycles. The van der Waals surface area contributed by atoms with Crippen LogP contribution in [-0.2, 0) is 12.4 Å². The van der Waals surface area contributed by atoms with Gasteiger partial charge in [0.15, 0.2) is 11.4 Å². The Labute approximate surface area is 210 Å². The third kappa shape index (κ3) is 6.89. The van der Waals surface area contributed by atoms with Gasteiger partial charge in [-0.1, -0.05) is 0 Å². The van der Waals surface area contributed by atoms with Crippen molar-refractivity contribution in [3.05, 3.63) is 84.2 Å². The molecule has 0 atom stereocenters. The Morgan fingerprint density at radius 1 is 0.658 bits per heavy atom. The van der Waals surface area contributed by atoms with E-state index in [4.69, 9.17) is 5.73 Å². The monoisotopic (exact) mass is 542 g/mol. The van der Waals surface area contributed by atoms with Gasteiger partial charge in [-0.15, -0.1) is 0 Å². The van der Waals surface area contributed by atoms with Gasteiger partial charge in [-0.3, -0.25) is 9.97 Å². The van der Waals surface area contributed by atoms with Gasteiger partial charge >= 0.3 is 12.4 Å². The number of hydrogen-bond donors (Lipinski definition) is 1. The van der Waals surface area contributed by atoms with Gasteiger partial charge < -0.3 is 10.6 Å². The summed E-state index contributed by atoms with van der Waals surface area (Å²) in [5, 5.41) is 0. The Balaban J connectivity index is 0.000000212. The van der Waals surface area contributed by atoms with E-state index in [0.717, 1.165) is 30.6 Å². The Kier molecular flexibility index (Phi) is 8.13. The molecule has 4 aromatic heterocycles. The van der Waals surface area contributed by atoms with Crippen LogP contribution in [0.1, 0.15) is 11.4 Å². The molecule has 2 N–H and O–H groups in total. The molecule has 0 radical (unpaired) electrons. The highest BCUT2D eigenvalue weighted by Gasteiger charge is 2.37. The topological polar surface area (TPSA) is 80.8 Å². The first-order valence-electron chi connectivity index (χ1n) is 10.5. The van der Waals surface area contributed by atoms with E-state index in [2.05, 4.69) is 19.9 Å². The Hall–Kier alpha value is -4.36. The number of nitrogen functional groups attached to an aromatic ring is 1. The van der Waals surface area contributed by atoms with Crippen LogP contribution in [0.5, 0.6) is 0 Å². The second-order valence-electron chi connectivity index (χ2n) is 7.87. The van der Waals surface area contributed by atoms with Gasteiger partial charge in [0.25, 0.3) is 0 Å². The summed E-state index contributed by atoms with van der Waals surface area (Å²) < 4.78 is 103. The molecule has 4 rings (SSSR count). The van der Waals surface area contributed by atoms with Crippen LogP contribution in [0.3, 0.4) is 0 Å². The van der Waals surface area contributed by atoms with Crippen molar-refractivity contribution < 1.29 is 35.1 Å². The average Bonchev–Trinajstić information content (AvgIpc) is 2.83. The van der Waals surface area contributed by atoms with E-state index in [1.807, 2.05) is 0 Å². The number of aromatic nitrogens is 4. The maximum Gasteiger partial charge on any atom is 0.435 e. The fourth-order valence-electron chi connectivity index (χ4n) is 3.14. The van der Waals surface area contributed by atoms with Gasteiger partial charge in [0.2, 0.25) is 0 Å². The molecule has 0 spiro atoms. The lowest BCUT2D eigenvalue weighted by Gasteiger charge is -2.19. The van der Waals surface area contributed by atoms with E-state index >= 15 is 0 Å². The van der Waals surface area contributed by atoms with E-state index in [0.29, 0.717) is 0 Å². The molecule has 0 bridgehead atoms. The Bertz CT molecular complexity index is 1420. The van der Waals surface area contributed by atoms with E-state index in [9.17, 15) is 35.1 Å². The number of alkyl halides is 6. The molecule has 14 heteroatoms. The first-order chi connectivity index (χ1) is 17.7. The molecule has 6 nitrogen and oxygen atoms in total. The number of nitrogens with two attached hydrogens (primary N) is 1. The molecular weight excluding hydrogens is 524 g/mol. The first kappa shape index (κ1) is 28.2. The number of halogens is 8. The van der Waals surface area contributed by atoms with Crippen molar-refractivity contribution in [2.75, 3.05) is 24.7 Å². The third-order valence-electron chi connectivity index (χ3n) is 4.82. The lowest BCUT2D eigenvalue weighted by atomic mass is 10.1. The van der Waals surface area contributed by atoms with Gasteiger partial charge in [-0.2, -0.15) is 26.3 Å². The van der Waals surface area contributed by atoms with Crippen molar-refractivity contribution in [1.29, 1.82) is 0 Å². The van der Waals surface area contributed by atoms with Gasteiger partial charge in [-0.05, 0) is 36.4 Å². The molecule has 0 fully saturated rings. The standard InChI is InChI=1S/C13H11F4N3.C11H7F4N3/c1-20(2)11-4-3-10(19-12(11)13(15,16)17)8-5-9(14)7-18-6-8;12-7-3-6(4-17-5-7)9-2-1-8(16)10(18-9)11(13,14)15/h3-7H,1-2H3;1-5H,16H2. The number of pyridine rings is 4. The summed E-state index contributed by atoms with van der Waals surface area (Å²) in [7, 11) is 2.99. The van der Waals surface area contributed by atoms with Crippen LogP contribution in [0.25, 0.3) is 22.5 Å². The summed E-state index contributed by atoms with van der Waals surface area (Å²) in [4.78, 5) is 15.5. The molecule has 200 valence electrons. The van der Waals surface area contributed by atoms with Crippen molar-refractivity contribution in [2.45, 2.75) is 12.4 Å². The minimum Gasteiger partial charge on any atom is -0.397 e. The lowest BCUT2D eigenvalue weighted by molar-refractivity contribution is -0.141. The van der Waals surface area contributed by atoms with E-state index in [-0.39, 0.29) is 28.2 Å². The minimum absolute atomic E-state index is 0.0231. The van der Waals surface area contributed by atoms with Crippen molar-refractivity contribution in [1.82, 2.24) is 19.9 Å². The normalized spacial score (nSPS) is 11.5. The fraction of sp³-hybridized carbons (Fsp3) is 0.167. The van der Waals surface area contributed by atoms with Crippen molar-refractivity contribution >= 4 is 11.4 Å². The summed E-state index contributed by atoms with van der Waals surface area (Å²) in [5.74, 6) is -1.28. The van der Waals surface area contributed by atoms with Gasteiger partial charge in [-0.25, -0.2) is 18.7 Å². The summed E-state index contributed by atoms with van der Waals surface area (Å²) in [6.07, 6.45) is -4.83. The molecule has 4 heterocycles. The van der Waals surface area contributed by atoms with Gasteiger partial charge in [0.1, 0.15) is 11.6 Å². The number of rotatable bonds is 3. The second-order valence-corrected chi connectivity index (χ2v) is 7.87. The SMILES string of the molecule is CN(C)c1ccc(-c2cncc(F)c2)nc1C(F)(F)F.Nc1ccc(-c2cncc(F)c2)nc1C(F)(F)F. The van der Waals surface area contributed by atoms with E-state index in [1.54, 1.807) is 0 Å². The number of hydrogen-bond acceptors (Lipinski definition) is 6. The minimum atomic E-state index is -4.65. The van der Waals surface area contributed by atoms with Crippen LogP contribution in [0, 0.1) is 11.6 Å². The quantitative estimate of drug-likeness (QED) is 0.308. The van der Waals surface area contributed by atoms with E-state index < -0.39 is 41.1 Å². The van der Waals surface area contributed by atoms with Crippen LogP contribution in [0.4, 0.5) is 46.5 Å². The zero-order chi connectivity index (χ0) is 28.3. The van der Waals surface area contributed by atoms with Crippen LogP contribution >= 0.6 is 0 Å². The van der Waals surface area contributed by atoms with Crippen molar-refractivity contribution in [3.8, 4) is 22.5 Å². The highest BCUT2D eigenvalue weighted by atomic mass is 19.4. The summed E-state index contributed by atoms with van der Waals surface area (Å²) >= 11 is 0. The number of nitrogens with zero attached hydrogens (tertiary/aromatic N) is 5. The van der Waals surface area contributed by atoms with Crippen LogP contribution < -0.4 is 10.6 Å². The van der Waals surface area contributed by atoms with Gasteiger partial charge in [0, 0.05) is 37.6 Å². The maximum atomic E-state index is 13.1. The zero-order valence-electron chi connectivity index (χ0n) is 19.6. The molecule has 0 unspecified atom stereocenters. The highest BCUT2D eigenvalue weighted by molar-refractivity contribution is 5.63. The molecule has 4 aromatic rings. The van der Waals surface area contributed by atoms with Gasteiger partial charge in [0.05, 0.1) is 35.2 Å². The van der Waals surface area contributed by atoms with Crippen LogP contribution in [0.2, 0.25) is 0 Å². The maximum absolute atomic E-state index is 13.1. The third-order valence-corrected chi connectivity index (χ3v) is 4.82. The summed E-state index contributed by atoms with van der Waals surface area (Å²) in [5.41, 5.74) is 2.82. The Morgan fingerprint density at radius 2 is 1.11 bits per heavy atom. The van der Waals surface area contributed by atoms with Crippen molar-refractivity contribution in [3.63, 3.8) is 0 Å². The largest absolute Gasteiger partial charge is 0.435 e. The first-order valence-corrected chi connectivity index (χ1v) is 10.5. The predicted octanol–water partition coefficient (Wildman–Crippen LogP) is 6.25. The summed E-state index contributed by atoms with van der Waals surface area (Å²) in [6.45, 7) is 0. The van der Waals surface area contributed by atoms with E-state index in [1.165, 1.54) is 49.6 Å². The Morgan fingerprint density at radius 3 is 1.53 bits per heavy atom. The molecule has 0 aliphatic heterocycles. The molecule has 0 saturated carbocycles. The highest BCUT2D eigenvalue weighted by Crippen LogP contribution is 2.36. The van der Waals surface area contributed by atoms with Crippen molar-refractivity contribution in [2.24, 2.45) is 0 Å². The zero-order valence-corrected chi connectivity index (χ0v) is 19.6. The lowest BCUT2D eigenvalue weighted by Crippen LogP contribution is -2.18. The number of anilines is 2. The molecule has 0 aliphatic rings. The molecule has 0 saturated heterocycles. The molecule has 38 heavy (non-hydrogen) atoms. The predicted molar refractivity (Wildman–Crippen MR) is 124 cm³/mol. The summed E-state index contributed by atoms with van der Waals surface area (Å²) in [6, 6.07) is 7.20. The smallest absolute Gasteiger partial charge is 0.397 e. The van der Waals surface area contributed by atoms with Crippen LogP contribution in [-0.4, -0.2) is 34.0 Å². The second kappa shape index (κ2) is 10.9. The molecule has 0 amide bonds. The average molecular weight is 542 g/mol.